The Balaban J connectivity index is 1.67. The Labute approximate surface area is 145 Å². The summed E-state index contributed by atoms with van der Waals surface area (Å²) in [6.07, 6.45) is 0. The second-order valence-electron chi connectivity index (χ2n) is 7.26. The van der Waals surface area contributed by atoms with Crippen LogP contribution in [0.2, 0.25) is 0 Å². The Bertz CT molecular complexity index is 568. The molecule has 132 valence electrons. The van der Waals surface area contributed by atoms with Crippen molar-refractivity contribution in [1.82, 2.24) is 20.0 Å². The molecule has 5 heteroatoms. The van der Waals surface area contributed by atoms with Crippen molar-refractivity contribution in [2.24, 2.45) is 0 Å². The van der Waals surface area contributed by atoms with Crippen molar-refractivity contribution in [3.05, 3.63) is 35.4 Å². The first-order valence-electron chi connectivity index (χ1n) is 9.09. The molecule has 1 aromatic rings. The third-order valence-corrected chi connectivity index (χ3v) is 5.47. The summed E-state index contributed by atoms with van der Waals surface area (Å²) in [7, 11) is 2.17. The van der Waals surface area contributed by atoms with E-state index in [2.05, 4.69) is 48.1 Å². The number of piperazine rings is 2. The molecule has 1 N–H and O–H groups in total. The number of hydrogen-bond acceptors (Lipinski definition) is 4. The zero-order valence-electron chi connectivity index (χ0n) is 15.2. The minimum Gasteiger partial charge on any atom is -0.333 e. The van der Waals surface area contributed by atoms with Crippen LogP contribution in [-0.4, -0.2) is 79.0 Å². The van der Waals surface area contributed by atoms with Crippen LogP contribution in [0.5, 0.6) is 0 Å². The lowest BCUT2D eigenvalue weighted by atomic mass is 10.0. The van der Waals surface area contributed by atoms with Crippen LogP contribution < -0.4 is 5.32 Å². The maximum atomic E-state index is 12.9. The lowest BCUT2D eigenvalue weighted by Gasteiger charge is -2.38. The topological polar surface area (TPSA) is 38.8 Å². The first kappa shape index (κ1) is 17.4. The molecule has 24 heavy (non-hydrogen) atoms. The minimum atomic E-state index is 0.163. The first-order valence-corrected chi connectivity index (χ1v) is 9.09. The molecule has 2 unspecified atom stereocenters. The third-order valence-electron chi connectivity index (χ3n) is 5.47. The summed E-state index contributed by atoms with van der Waals surface area (Å²) in [5.41, 5.74) is 2.06. The average molecular weight is 330 g/mol. The highest BCUT2D eigenvalue weighted by molar-refractivity contribution is 5.94. The molecule has 1 aromatic carbocycles. The molecule has 0 radical (unpaired) electrons. The van der Waals surface area contributed by atoms with E-state index in [4.69, 9.17) is 0 Å². The van der Waals surface area contributed by atoms with Gasteiger partial charge in [0.25, 0.3) is 5.91 Å². The maximum absolute atomic E-state index is 12.9. The molecule has 0 aliphatic carbocycles. The summed E-state index contributed by atoms with van der Waals surface area (Å²) in [5.74, 6) is 0.163. The predicted molar refractivity (Wildman–Crippen MR) is 97.2 cm³/mol. The monoisotopic (exact) mass is 330 g/mol. The molecule has 2 aliphatic rings. The van der Waals surface area contributed by atoms with E-state index in [1.54, 1.807) is 0 Å². The Hall–Kier alpha value is -1.43. The van der Waals surface area contributed by atoms with Gasteiger partial charge in [0, 0.05) is 63.5 Å². The fraction of sp³-hybridized carbons (Fsp3) is 0.632. The van der Waals surface area contributed by atoms with Crippen molar-refractivity contribution in [2.45, 2.75) is 32.5 Å². The van der Waals surface area contributed by atoms with Gasteiger partial charge in [0.1, 0.15) is 0 Å². The fourth-order valence-corrected chi connectivity index (χ4v) is 3.58. The molecule has 0 spiro atoms. The number of hydrogen-bond donors (Lipinski definition) is 1. The Morgan fingerprint density at radius 1 is 1.17 bits per heavy atom. The molecule has 2 atom stereocenters. The Morgan fingerprint density at radius 2 is 1.92 bits per heavy atom. The number of nitrogens with one attached hydrogen (secondary N) is 1. The zero-order valence-corrected chi connectivity index (χ0v) is 15.2. The van der Waals surface area contributed by atoms with Gasteiger partial charge in [-0.25, -0.2) is 0 Å². The largest absolute Gasteiger partial charge is 0.333 e. The van der Waals surface area contributed by atoms with Gasteiger partial charge in [-0.05, 0) is 38.6 Å². The summed E-state index contributed by atoms with van der Waals surface area (Å²) < 4.78 is 0. The molecule has 3 rings (SSSR count). The van der Waals surface area contributed by atoms with Crippen molar-refractivity contribution in [2.75, 3.05) is 46.3 Å². The molecule has 0 saturated carbocycles. The SMILES string of the molecule is CC1NCCN(C(=O)c2cccc(CN3CCN(C)CC3)c2)C1C. The molecule has 2 saturated heterocycles. The van der Waals surface area contributed by atoms with Gasteiger partial charge in [-0.1, -0.05) is 12.1 Å². The van der Waals surface area contributed by atoms with Crippen LogP contribution in [0.4, 0.5) is 0 Å². The van der Waals surface area contributed by atoms with Crippen LogP contribution in [0.1, 0.15) is 29.8 Å². The molecule has 5 nitrogen and oxygen atoms in total. The number of carbonyl (C=O) groups excluding carboxylic acids is 1. The highest BCUT2D eigenvalue weighted by atomic mass is 16.2. The van der Waals surface area contributed by atoms with Gasteiger partial charge in [0.2, 0.25) is 0 Å². The van der Waals surface area contributed by atoms with Gasteiger partial charge in [-0.3, -0.25) is 9.69 Å². The molecular formula is C19H30N4O. The van der Waals surface area contributed by atoms with E-state index >= 15 is 0 Å². The van der Waals surface area contributed by atoms with Crippen molar-refractivity contribution in [1.29, 1.82) is 0 Å². The van der Waals surface area contributed by atoms with Crippen molar-refractivity contribution >= 4 is 5.91 Å². The zero-order chi connectivity index (χ0) is 17.1. The minimum absolute atomic E-state index is 0.163. The third kappa shape index (κ3) is 3.97. The quantitative estimate of drug-likeness (QED) is 0.906. The molecular weight excluding hydrogens is 300 g/mol. The van der Waals surface area contributed by atoms with Gasteiger partial charge in [-0.15, -0.1) is 0 Å². The van der Waals surface area contributed by atoms with Gasteiger partial charge in [0.05, 0.1) is 0 Å². The smallest absolute Gasteiger partial charge is 0.254 e. The van der Waals surface area contributed by atoms with E-state index in [0.29, 0.717) is 6.04 Å². The van der Waals surface area contributed by atoms with E-state index < -0.39 is 0 Å². The normalized spacial score (nSPS) is 26.5. The van der Waals surface area contributed by atoms with E-state index in [1.807, 2.05) is 17.0 Å². The van der Waals surface area contributed by atoms with Crippen LogP contribution >= 0.6 is 0 Å². The van der Waals surface area contributed by atoms with Crippen LogP contribution in [0.3, 0.4) is 0 Å². The number of rotatable bonds is 3. The lowest BCUT2D eigenvalue weighted by Crippen LogP contribution is -2.57. The highest BCUT2D eigenvalue weighted by Gasteiger charge is 2.28. The predicted octanol–water partition coefficient (Wildman–Crippen LogP) is 1.26. The summed E-state index contributed by atoms with van der Waals surface area (Å²) in [4.78, 5) is 19.8. The number of benzene rings is 1. The molecule has 1 amide bonds. The summed E-state index contributed by atoms with van der Waals surface area (Å²) in [6, 6.07) is 8.77. The van der Waals surface area contributed by atoms with Gasteiger partial charge in [0.15, 0.2) is 0 Å². The van der Waals surface area contributed by atoms with E-state index in [-0.39, 0.29) is 11.9 Å². The molecule has 0 bridgehead atoms. The van der Waals surface area contributed by atoms with Gasteiger partial charge < -0.3 is 15.1 Å². The first-order chi connectivity index (χ1) is 11.5. The second-order valence-corrected chi connectivity index (χ2v) is 7.26. The summed E-state index contributed by atoms with van der Waals surface area (Å²) in [5, 5.41) is 3.43. The van der Waals surface area contributed by atoms with Crippen molar-refractivity contribution in [3.8, 4) is 0 Å². The number of likely N-dealkylation sites (N-methyl/N-ethyl adjacent to an activating group) is 1. The number of carbonyl (C=O) groups is 1. The highest BCUT2D eigenvalue weighted by Crippen LogP contribution is 2.16. The van der Waals surface area contributed by atoms with Gasteiger partial charge >= 0.3 is 0 Å². The van der Waals surface area contributed by atoms with E-state index in [1.165, 1.54) is 5.56 Å². The fourth-order valence-electron chi connectivity index (χ4n) is 3.58. The average Bonchev–Trinajstić information content (AvgIpc) is 2.59. The number of nitrogens with zero attached hydrogens (tertiary/aromatic N) is 3. The van der Waals surface area contributed by atoms with Crippen molar-refractivity contribution < 1.29 is 4.79 Å². The van der Waals surface area contributed by atoms with Gasteiger partial charge in [-0.2, -0.15) is 0 Å². The molecule has 2 heterocycles. The van der Waals surface area contributed by atoms with Crippen molar-refractivity contribution in [3.63, 3.8) is 0 Å². The van der Waals surface area contributed by atoms with E-state index in [0.717, 1.165) is 51.4 Å². The Kier molecular flexibility index (Phi) is 5.54. The lowest BCUT2D eigenvalue weighted by molar-refractivity contribution is 0.0602. The summed E-state index contributed by atoms with van der Waals surface area (Å²) >= 11 is 0. The molecule has 2 aliphatic heterocycles. The standard InChI is InChI=1S/C19H30N4O/c1-15-16(2)23(8-7-20-15)19(24)18-6-4-5-17(13-18)14-22-11-9-21(3)10-12-22/h4-6,13,15-16,20H,7-12,14H2,1-3H3. The number of amides is 1. The van der Waals surface area contributed by atoms with E-state index in [9.17, 15) is 4.79 Å². The molecule has 0 aromatic heterocycles. The van der Waals surface area contributed by atoms with Crippen LogP contribution in [0.15, 0.2) is 24.3 Å². The Morgan fingerprint density at radius 3 is 2.67 bits per heavy atom. The molecule has 2 fully saturated rings. The maximum Gasteiger partial charge on any atom is 0.254 e. The van der Waals surface area contributed by atoms with Crippen LogP contribution in [-0.2, 0) is 6.54 Å². The second kappa shape index (κ2) is 7.64. The van der Waals surface area contributed by atoms with Crippen LogP contribution in [0.25, 0.3) is 0 Å². The summed E-state index contributed by atoms with van der Waals surface area (Å²) in [6.45, 7) is 11.3. The van der Waals surface area contributed by atoms with Crippen LogP contribution in [0, 0.1) is 0 Å².